The highest BCUT2D eigenvalue weighted by molar-refractivity contribution is 9.10. The second-order valence-corrected chi connectivity index (χ2v) is 4.77. The fourth-order valence-electron chi connectivity index (χ4n) is 1.87. The third-order valence-corrected chi connectivity index (χ3v) is 3.71. The summed E-state index contributed by atoms with van der Waals surface area (Å²) >= 11 is 3.42. The van der Waals surface area contributed by atoms with Crippen LogP contribution in [0.1, 0.15) is 18.9 Å². The average molecular weight is 319 g/mol. The van der Waals surface area contributed by atoms with Gasteiger partial charge in [0, 0.05) is 12.7 Å². The molecule has 5 heteroatoms. The lowest BCUT2D eigenvalue weighted by Crippen LogP contribution is -2.31. The quantitative estimate of drug-likeness (QED) is 0.876. The van der Waals surface area contributed by atoms with Crippen molar-refractivity contribution in [1.29, 1.82) is 0 Å². The molecule has 1 aromatic carbocycles. The second-order valence-electron chi connectivity index (χ2n) is 3.98. The average Bonchev–Trinajstić information content (AvgIpc) is 2.38. The summed E-state index contributed by atoms with van der Waals surface area (Å²) in [5, 5.41) is 10.6. The van der Waals surface area contributed by atoms with Crippen LogP contribution in [0, 0.1) is 0 Å². The van der Waals surface area contributed by atoms with E-state index in [0.717, 1.165) is 0 Å². The van der Waals surface area contributed by atoms with Gasteiger partial charge >= 0.3 is 0 Å². The van der Waals surface area contributed by atoms with E-state index in [-0.39, 0.29) is 6.61 Å². The molecule has 0 heterocycles. The number of rotatable bonds is 6. The van der Waals surface area contributed by atoms with Gasteiger partial charge in [0.15, 0.2) is 0 Å². The van der Waals surface area contributed by atoms with Gasteiger partial charge in [-0.05, 0) is 34.5 Å². The van der Waals surface area contributed by atoms with Crippen molar-refractivity contribution in [2.24, 2.45) is 0 Å². The summed E-state index contributed by atoms with van der Waals surface area (Å²) in [4.78, 5) is 0. The number of hydrogen-bond donors (Lipinski definition) is 1. The Labute approximate surface area is 116 Å². The van der Waals surface area contributed by atoms with Crippen LogP contribution in [-0.2, 0) is 10.3 Å². The van der Waals surface area contributed by atoms with Crippen molar-refractivity contribution in [2.75, 3.05) is 27.9 Å². The topological polar surface area (TPSA) is 47.9 Å². The normalized spacial score (nSPS) is 14.1. The molecule has 18 heavy (non-hydrogen) atoms. The van der Waals surface area contributed by atoms with Crippen molar-refractivity contribution in [1.82, 2.24) is 0 Å². The van der Waals surface area contributed by atoms with Crippen LogP contribution in [0.15, 0.2) is 16.6 Å². The predicted molar refractivity (Wildman–Crippen MR) is 73.3 cm³/mol. The Bertz CT molecular complexity index is 408. The number of aliphatic hydroxyl groups is 1. The van der Waals surface area contributed by atoms with Crippen molar-refractivity contribution in [3.63, 3.8) is 0 Å². The first-order valence-corrected chi connectivity index (χ1v) is 6.45. The van der Waals surface area contributed by atoms with Crippen LogP contribution in [0.25, 0.3) is 0 Å². The van der Waals surface area contributed by atoms with Crippen LogP contribution in [-0.4, -0.2) is 33.0 Å². The molecule has 1 rings (SSSR count). The first-order chi connectivity index (χ1) is 8.53. The van der Waals surface area contributed by atoms with E-state index in [0.29, 0.717) is 28.0 Å². The van der Waals surface area contributed by atoms with Gasteiger partial charge in [-0.15, -0.1) is 0 Å². The molecule has 0 saturated carbocycles. The molecule has 0 spiro atoms. The Morgan fingerprint density at radius 1 is 1.22 bits per heavy atom. The van der Waals surface area contributed by atoms with Gasteiger partial charge in [-0.25, -0.2) is 0 Å². The fraction of sp³-hybridized carbons (Fsp3) is 0.538. The Morgan fingerprint density at radius 2 is 1.89 bits per heavy atom. The largest absolute Gasteiger partial charge is 0.495 e. The maximum absolute atomic E-state index is 10.6. The number of hydrogen-bond acceptors (Lipinski definition) is 4. The molecule has 102 valence electrons. The minimum atomic E-state index is -1.07. The van der Waals surface area contributed by atoms with Gasteiger partial charge < -0.3 is 19.3 Å². The van der Waals surface area contributed by atoms with Crippen molar-refractivity contribution in [3.05, 3.63) is 22.2 Å². The van der Waals surface area contributed by atoms with Crippen molar-refractivity contribution >= 4 is 15.9 Å². The highest BCUT2D eigenvalue weighted by Gasteiger charge is 2.32. The molecule has 0 fully saturated rings. The number of halogens is 1. The van der Waals surface area contributed by atoms with Crippen LogP contribution >= 0.6 is 15.9 Å². The van der Waals surface area contributed by atoms with E-state index < -0.39 is 5.60 Å². The summed E-state index contributed by atoms with van der Waals surface area (Å²) in [6.07, 6.45) is 0.524. The van der Waals surface area contributed by atoms with Gasteiger partial charge in [-0.3, -0.25) is 0 Å². The molecule has 0 aliphatic heterocycles. The van der Waals surface area contributed by atoms with Gasteiger partial charge in [0.2, 0.25) is 0 Å². The smallest absolute Gasteiger partial charge is 0.142 e. The van der Waals surface area contributed by atoms with Crippen LogP contribution in [0.3, 0.4) is 0 Å². The molecule has 0 aliphatic carbocycles. The molecule has 1 aromatic rings. The van der Waals surface area contributed by atoms with Crippen molar-refractivity contribution in [3.8, 4) is 11.5 Å². The maximum Gasteiger partial charge on any atom is 0.142 e. The molecule has 0 saturated heterocycles. The minimum Gasteiger partial charge on any atom is -0.495 e. The van der Waals surface area contributed by atoms with Crippen LogP contribution in [0.4, 0.5) is 0 Å². The van der Waals surface area contributed by atoms with Gasteiger partial charge in [0.1, 0.15) is 21.6 Å². The van der Waals surface area contributed by atoms with Crippen LogP contribution < -0.4 is 9.47 Å². The van der Waals surface area contributed by atoms with E-state index in [1.165, 1.54) is 0 Å². The summed E-state index contributed by atoms with van der Waals surface area (Å²) in [7, 11) is 4.71. The van der Waals surface area contributed by atoms with Gasteiger partial charge in [-0.2, -0.15) is 0 Å². The highest BCUT2D eigenvalue weighted by atomic mass is 79.9. The van der Waals surface area contributed by atoms with Gasteiger partial charge in [-0.1, -0.05) is 6.92 Å². The zero-order valence-electron chi connectivity index (χ0n) is 11.1. The molecular weight excluding hydrogens is 300 g/mol. The van der Waals surface area contributed by atoms with Crippen molar-refractivity contribution < 1.29 is 19.3 Å². The lowest BCUT2D eigenvalue weighted by molar-refractivity contribution is -0.0401. The Morgan fingerprint density at radius 3 is 2.33 bits per heavy atom. The standard InChI is InChI=1S/C13H19BrO4/c1-5-13(15,8-16-2)9-6-7-10(17-3)11(14)12(9)18-4/h6-7,15H,5,8H2,1-4H3. The Hall–Kier alpha value is -0.780. The lowest BCUT2D eigenvalue weighted by atomic mass is 9.91. The van der Waals surface area contributed by atoms with Gasteiger partial charge in [0.25, 0.3) is 0 Å². The second kappa shape index (κ2) is 6.41. The number of benzene rings is 1. The minimum absolute atomic E-state index is 0.207. The molecule has 0 radical (unpaired) electrons. The number of ether oxygens (including phenoxy) is 3. The van der Waals surface area contributed by atoms with E-state index in [1.807, 2.05) is 6.92 Å². The summed E-state index contributed by atoms with van der Waals surface area (Å²) in [5.41, 5.74) is -0.392. The fourth-order valence-corrected chi connectivity index (χ4v) is 2.54. The number of methoxy groups -OCH3 is 3. The summed E-state index contributed by atoms with van der Waals surface area (Å²) in [5.74, 6) is 1.22. The molecule has 0 aromatic heterocycles. The Balaban J connectivity index is 3.35. The third kappa shape index (κ3) is 2.79. The monoisotopic (exact) mass is 318 g/mol. The first kappa shape index (κ1) is 15.3. The zero-order valence-corrected chi connectivity index (χ0v) is 12.7. The zero-order chi connectivity index (χ0) is 13.8. The third-order valence-electron chi connectivity index (χ3n) is 2.96. The maximum atomic E-state index is 10.6. The van der Waals surface area contributed by atoms with E-state index in [4.69, 9.17) is 14.2 Å². The first-order valence-electron chi connectivity index (χ1n) is 5.66. The van der Waals surface area contributed by atoms with Crippen LogP contribution in [0.2, 0.25) is 0 Å². The predicted octanol–water partition coefficient (Wildman–Crippen LogP) is 2.71. The summed E-state index contributed by atoms with van der Waals surface area (Å²) in [6.45, 7) is 2.11. The van der Waals surface area contributed by atoms with Gasteiger partial charge in [0.05, 0.1) is 20.8 Å². The summed E-state index contributed by atoms with van der Waals surface area (Å²) in [6, 6.07) is 3.59. The van der Waals surface area contributed by atoms with E-state index in [1.54, 1.807) is 33.5 Å². The molecule has 0 bridgehead atoms. The van der Waals surface area contributed by atoms with Crippen LogP contribution in [0.5, 0.6) is 11.5 Å². The molecule has 1 unspecified atom stereocenters. The lowest BCUT2D eigenvalue weighted by Gasteiger charge is -2.28. The highest BCUT2D eigenvalue weighted by Crippen LogP contribution is 2.42. The summed E-state index contributed by atoms with van der Waals surface area (Å²) < 4.78 is 16.4. The van der Waals surface area contributed by atoms with E-state index in [9.17, 15) is 5.11 Å². The molecule has 1 atom stereocenters. The Kier molecular flexibility index (Phi) is 5.44. The molecule has 4 nitrogen and oxygen atoms in total. The molecule has 0 aliphatic rings. The van der Waals surface area contributed by atoms with E-state index in [2.05, 4.69) is 15.9 Å². The molecule has 1 N–H and O–H groups in total. The molecule has 0 amide bonds. The SMILES string of the molecule is CCC(O)(COC)c1ccc(OC)c(Br)c1OC. The van der Waals surface area contributed by atoms with Crippen molar-refractivity contribution in [2.45, 2.75) is 18.9 Å². The molecular formula is C13H19BrO4. The van der Waals surface area contributed by atoms with E-state index >= 15 is 0 Å².